The lowest BCUT2D eigenvalue weighted by Gasteiger charge is -2.47. The second-order valence-electron chi connectivity index (χ2n) is 7.91. The minimum Gasteiger partial charge on any atom is -0.375 e. The second kappa shape index (κ2) is 7.02. The first-order valence-electron chi connectivity index (χ1n) is 10.2. The van der Waals surface area contributed by atoms with Crippen LogP contribution in [0.15, 0.2) is 0 Å². The van der Waals surface area contributed by atoms with Crippen LogP contribution in [0.4, 0.5) is 5.82 Å². The Bertz CT molecular complexity index is 634. The van der Waals surface area contributed by atoms with Crippen LogP contribution in [0, 0.1) is 0 Å². The van der Waals surface area contributed by atoms with Crippen molar-refractivity contribution >= 4 is 5.82 Å². The summed E-state index contributed by atoms with van der Waals surface area (Å²) in [7, 11) is 0. The largest absolute Gasteiger partial charge is 0.375 e. The van der Waals surface area contributed by atoms with Crippen LogP contribution in [0.5, 0.6) is 0 Å². The molecule has 0 saturated carbocycles. The van der Waals surface area contributed by atoms with Crippen LogP contribution in [0.2, 0.25) is 0 Å². The molecule has 3 atom stereocenters. The fourth-order valence-corrected chi connectivity index (χ4v) is 4.91. The van der Waals surface area contributed by atoms with Crippen LogP contribution < -0.4 is 4.90 Å². The van der Waals surface area contributed by atoms with Crippen molar-refractivity contribution in [3.63, 3.8) is 0 Å². The van der Waals surface area contributed by atoms with Gasteiger partial charge in [0.15, 0.2) is 5.82 Å². The molecular weight excluding hydrogens is 332 g/mol. The number of rotatable bonds is 4. The minimum atomic E-state index is -0.484. The summed E-state index contributed by atoms with van der Waals surface area (Å²) in [5.74, 6) is 0.965. The molecule has 26 heavy (non-hydrogen) atoms. The van der Waals surface area contributed by atoms with Crippen molar-refractivity contribution in [3.8, 4) is 0 Å². The van der Waals surface area contributed by atoms with E-state index >= 15 is 0 Å². The van der Waals surface area contributed by atoms with Gasteiger partial charge in [0.25, 0.3) is 0 Å². The van der Waals surface area contributed by atoms with E-state index in [4.69, 9.17) is 14.2 Å². The summed E-state index contributed by atoms with van der Waals surface area (Å²) in [5.41, 5.74) is 1.57. The Balaban J connectivity index is 1.63. The molecule has 5 heterocycles. The van der Waals surface area contributed by atoms with Gasteiger partial charge in [0.2, 0.25) is 0 Å². The van der Waals surface area contributed by atoms with E-state index < -0.39 is 5.60 Å². The third-order valence-electron chi connectivity index (χ3n) is 6.36. The molecule has 4 aliphatic rings. The molecule has 0 amide bonds. The number of anilines is 1. The number of aromatic nitrogens is 3. The highest BCUT2D eigenvalue weighted by Crippen LogP contribution is 2.48. The Morgan fingerprint density at radius 1 is 0.885 bits per heavy atom. The van der Waals surface area contributed by atoms with E-state index in [-0.39, 0.29) is 12.2 Å². The van der Waals surface area contributed by atoms with Gasteiger partial charge >= 0.3 is 0 Å². The van der Waals surface area contributed by atoms with E-state index in [0.717, 1.165) is 88.5 Å². The molecule has 0 aromatic carbocycles. The Labute approximate surface area is 154 Å². The highest BCUT2D eigenvalue weighted by molar-refractivity contribution is 5.52. The summed E-state index contributed by atoms with van der Waals surface area (Å²) in [5, 5.41) is 13.3. The smallest absolute Gasteiger partial charge is 0.160 e. The van der Waals surface area contributed by atoms with Crippen LogP contribution in [0.25, 0.3) is 0 Å². The maximum atomic E-state index is 6.44. The van der Waals surface area contributed by atoms with E-state index in [2.05, 4.69) is 20.3 Å². The first kappa shape index (κ1) is 16.8. The molecule has 5 rings (SSSR count). The maximum Gasteiger partial charge on any atom is 0.160 e. The predicted molar refractivity (Wildman–Crippen MR) is 95.0 cm³/mol. The number of ether oxygens (including phenoxy) is 3. The normalized spacial score (nSPS) is 34.8. The van der Waals surface area contributed by atoms with E-state index in [9.17, 15) is 0 Å². The predicted octanol–water partition coefficient (Wildman–Crippen LogP) is 2.51. The van der Waals surface area contributed by atoms with Crippen LogP contribution in [-0.2, 0) is 19.8 Å². The highest BCUT2D eigenvalue weighted by Gasteiger charge is 2.51. The third-order valence-corrected chi connectivity index (χ3v) is 6.36. The molecule has 142 valence electrons. The zero-order valence-electron chi connectivity index (χ0n) is 15.4. The second-order valence-corrected chi connectivity index (χ2v) is 7.91. The van der Waals surface area contributed by atoms with E-state index in [0.29, 0.717) is 0 Å². The van der Waals surface area contributed by atoms with Gasteiger partial charge in [0, 0.05) is 39.3 Å². The molecule has 0 spiro atoms. The topological polar surface area (TPSA) is 69.6 Å². The van der Waals surface area contributed by atoms with Gasteiger partial charge in [-0.05, 0) is 50.2 Å². The Morgan fingerprint density at radius 3 is 2.42 bits per heavy atom. The van der Waals surface area contributed by atoms with Gasteiger partial charge in [-0.1, -0.05) is 0 Å². The lowest BCUT2D eigenvalue weighted by molar-refractivity contribution is -0.220. The van der Waals surface area contributed by atoms with E-state index in [1.54, 1.807) is 0 Å². The van der Waals surface area contributed by atoms with Crippen LogP contribution >= 0.6 is 0 Å². The molecule has 7 heteroatoms. The lowest BCUT2D eigenvalue weighted by Crippen LogP contribution is -2.52. The Kier molecular flexibility index (Phi) is 4.54. The van der Waals surface area contributed by atoms with Crippen LogP contribution in [-0.4, -0.2) is 54.4 Å². The summed E-state index contributed by atoms with van der Waals surface area (Å²) in [6.07, 6.45) is 8.83. The molecule has 4 aliphatic heterocycles. The lowest BCUT2D eigenvalue weighted by atomic mass is 9.79. The van der Waals surface area contributed by atoms with E-state index in [1.807, 2.05) is 0 Å². The molecule has 0 N–H and O–H groups in total. The summed E-state index contributed by atoms with van der Waals surface area (Å²) in [4.78, 5) is 2.35. The molecule has 0 bridgehead atoms. The van der Waals surface area contributed by atoms with Gasteiger partial charge in [-0.25, -0.2) is 0 Å². The molecule has 4 fully saturated rings. The standard InChI is InChI=1S/C19H28N4O3/c1-4-12-26-19(8-1,15-7-13-25-15)17-16(14-6-5-11-24-14)18(21-22-20-17)23-9-2-3-10-23/h14-15H,1-13H2. The van der Waals surface area contributed by atoms with Crippen molar-refractivity contribution in [2.45, 2.75) is 69.2 Å². The summed E-state index contributed by atoms with van der Waals surface area (Å²) in [6.45, 7) is 4.44. The fraction of sp³-hybridized carbons (Fsp3) is 0.842. The van der Waals surface area contributed by atoms with Gasteiger partial charge in [0.1, 0.15) is 11.3 Å². The van der Waals surface area contributed by atoms with Crippen molar-refractivity contribution in [1.82, 2.24) is 15.4 Å². The summed E-state index contributed by atoms with van der Waals surface area (Å²) < 4.78 is 18.5. The molecule has 1 aromatic rings. The van der Waals surface area contributed by atoms with E-state index in [1.165, 1.54) is 12.8 Å². The summed E-state index contributed by atoms with van der Waals surface area (Å²) in [6, 6.07) is 0. The van der Waals surface area contributed by atoms with Gasteiger partial charge in [0.05, 0.1) is 17.8 Å². The van der Waals surface area contributed by atoms with Gasteiger partial charge in [-0.3, -0.25) is 0 Å². The molecule has 7 nitrogen and oxygen atoms in total. The SMILES string of the molecule is C1CCC(c2nnnc(N3CCCC3)c2C2CCCO2)(C2CCO2)OC1. The molecular formula is C19H28N4O3. The monoisotopic (exact) mass is 360 g/mol. The first-order valence-corrected chi connectivity index (χ1v) is 10.2. The quantitative estimate of drug-likeness (QED) is 0.817. The van der Waals surface area contributed by atoms with Gasteiger partial charge in [-0.15, -0.1) is 10.2 Å². The maximum absolute atomic E-state index is 6.44. The number of hydrogen-bond acceptors (Lipinski definition) is 7. The van der Waals surface area contributed by atoms with Gasteiger partial charge < -0.3 is 19.1 Å². The van der Waals surface area contributed by atoms with Gasteiger partial charge in [-0.2, -0.15) is 0 Å². The van der Waals surface area contributed by atoms with Crippen molar-refractivity contribution in [2.24, 2.45) is 0 Å². The van der Waals surface area contributed by atoms with Crippen molar-refractivity contribution in [3.05, 3.63) is 11.3 Å². The fourth-order valence-electron chi connectivity index (χ4n) is 4.91. The minimum absolute atomic E-state index is 0.0473. The zero-order chi connectivity index (χ0) is 17.4. The Hall–Kier alpha value is -1.31. The average Bonchev–Trinajstić information content (AvgIpc) is 3.34. The Morgan fingerprint density at radius 2 is 1.77 bits per heavy atom. The third kappa shape index (κ3) is 2.72. The molecule has 0 radical (unpaired) electrons. The number of hydrogen-bond donors (Lipinski definition) is 0. The average molecular weight is 360 g/mol. The molecule has 4 saturated heterocycles. The van der Waals surface area contributed by atoms with Crippen molar-refractivity contribution in [2.75, 3.05) is 37.8 Å². The zero-order valence-corrected chi connectivity index (χ0v) is 15.4. The summed E-state index contributed by atoms with van der Waals surface area (Å²) >= 11 is 0. The van der Waals surface area contributed by atoms with Crippen molar-refractivity contribution < 1.29 is 14.2 Å². The van der Waals surface area contributed by atoms with Crippen LogP contribution in [0.1, 0.15) is 68.7 Å². The molecule has 3 unspecified atom stereocenters. The first-order chi connectivity index (χ1) is 12.9. The highest BCUT2D eigenvalue weighted by atomic mass is 16.6. The molecule has 1 aromatic heterocycles. The van der Waals surface area contributed by atoms with Crippen LogP contribution in [0.3, 0.4) is 0 Å². The molecule has 0 aliphatic carbocycles. The number of nitrogens with zero attached hydrogens (tertiary/aromatic N) is 4. The van der Waals surface area contributed by atoms with Crippen molar-refractivity contribution in [1.29, 1.82) is 0 Å².